The zero-order valence-electron chi connectivity index (χ0n) is 18.1. The summed E-state index contributed by atoms with van der Waals surface area (Å²) in [6.45, 7) is 5.89. The summed E-state index contributed by atoms with van der Waals surface area (Å²) in [4.78, 5) is 15.3. The number of rotatable bonds is 7. The van der Waals surface area contributed by atoms with Gasteiger partial charge in [-0.3, -0.25) is 4.90 Å². The lowest BCUT2D eigenvalue weighted by atomic mass is 9.99. The van der Waals surface area contributed by atoms with Crippen LogP contribution in [0.5, 0.6) is 11.5 Å². The number of piperidine rings is 1. The molecular formula is C25H29NO5. The van der Waals surface area contributed by atoms with Crippen molar-refractivity contribution in [3.63, 3.8) is 0 Å². The number of hydrogen-bond donors (Lipinski definition) is 1. The van der Waals surface area contributed by atoms with Gasteiger partial charge in [-0.05, 0) is 57.5 Å². The molecule has 1 aliphatic heterocycles. The molecule has 1 atom stereocenters. The van der Waals surface area contributed by atoms with E-state index in [1.807, 2.05) is 30.3 Å². The van der Waals surface area contributed by atoms with Crippen molar-refractivity contribution in [2.45, 2.75) is 45.7 Å². The maximum absolute atomic E-state index is 12.9. The molecule has 1 fully saturated rings. The smallest absolute Gasteiger partial charge is 0.342 e. The molecule has 0 unspecified atom stereocenters. The molecule has 0 spiro atoms. The van der Waals surface area contributed by atoms with Crippen LogP contribution in [-0.2, 0) is 11.3 Å². The molecule has 3 aromatic rings. The monoisotopic (exact) mass is 423 g/mol. The fraction of sp³-hybridized carbons (Fsp3) is 0.400. The third-order valence-corrected chi connectivity index (χ3v) is 5.95. The molecule has 2 aromatic carbocycles. The van der Waals surface area contributed by atoms with Crippen molar-refractivity contribution < 1.29 is 23.8 Å². The topological polar surface area (TPSA) is 72.1 Å². The second-order valence-electron chi connectivity index (χ2n) is 8.08. The fourth-order valence-corrected chi connectivity index (χ4v) is 4.25. The average molecular weight is 424 g/mol. The van der Waals surface area contributed by atoms with Crippen LogP contribution in [0, 0.1) is 6.92 Å². The van der Waals surface area contributed by atoms with Gasteiger partial charge >= 0.3 is 5.97 Å². The lowest BCUT2D eigenvalue weighted by molar-refractivity contribution is 0.0450. The Morgan fingerprint density at radius 2 is 1.97 bits per heavy atom. The molecule has 4 rings (SSSR count). The SMILES string of the molecule is Cc1oc2ccc(O)c(CN3CCCC[C@H]3C)c2c1C(=O)OCCOc1ccccc1. The van der Waals surface area contributed by atoms with Gasteiger partial charge in [0, 0.05) is 23.5 Å². The average Bonchev–Trinajstić information content (AvgIpc) is 3.11. The molecule has 31 heavy (non-hydrogen) atoms. The number of carbonyl (C=O) groups is 1. The van der Waals surface area contributed by atoms with Crippen molar-refractivity contribution in [3.05, 3.63) is 59.4 Å². The molecule has 1 aromatic heterocycles. The van der Waals surface area contributed by atoms with Gasteiger partial charge in [0.05, 0.1) is 0 Å². The van der Waals surface area contributed by atoms with E-state index in [9.17, 15) is 9.90 Å². The van der Waals surface area contributed by atoms with E-state index in [1.54, 1.807) is 19.1 Å². The Hall–Kier alpha value is -2.99. The van der Waals surface area contributed by atoms with E-state index < -0.39 is 5.97 Å². The normalized spacial score (nSPS) is 17.0. The zero-order chi connectivity index (χ0) is 21.8. The molecule has 164 valence electrons. The Bertz CT molecular complexity index is 1040. The number of ether oxygens (including phenoxy) is 2. The zero-order valence-corrected chi connectivity index (χ0v) is 18.1. The minimum Gasteiger partial charge on any atom is -0.508 e. The summed E-state index contributed by atoms with van der Waals surface area (Å²) in [5.74, 6) is 0.924. The summed E-state index contributed by atoms with van der Waals surface area (Å²) in [5.41, 5.74) is 1.68. The van der Waals surface area contributed by atoms with E-state index in [2.05, 4.69) is 11.8 Å². The number of carbonyl (C=O) groups excluding carboxylic acids is 1. The van der Waals surface area contributed by atoms with E-state index in [1.165, 1.54) is 6.42 Å². The Morgan fingerprint density at radius 3 is 2.74 bits per heavy atom. The van der Waals surface area contributed by atoms with Gasteiger partial charge < -0.3 is 19.0 Å². The third-order valence-electron chi connectivity index (χ3n) is 5.95. The Kier molecular flexibility index (Phi) is 6.47. The van der Waals surface area contributed by atoms with Crippen LogP contribution in [0.3, 0.4) is 0 Å². The number of hydrogen-bond acceptors (Lipinski definition) is 6. The minimum absolute atomic E-state index is 0.122. The highest BCUT2D eigenvalue weighted by atomic mass is 16.6. The Labute approximate surface area is 182 Å². The second kappa shape index (κ2) is 9.43. The van der Waals surface area contributed by atoms with Gasteiger partial charge in [0.1, 0.15) is 41.6 Å². The lowest BCUT2D eigenvalue weighted by Crippen LogP contribution is -2.36. The van der Waals surface area contributed by atoms with E-state index in [0.29, 0.717) is 34.9 Å². The Balaban J connectivity index is 1.53. The number of phenolic OH excluding ortho intramolecular Hbond substituents is 1. The van der Waals surface area contributed by atoms with E-state index in [-0.39, 0.29) is 19.0 Å². The van der Waals surface area contributed by atoms with Crippen LogP contribution in [0.4, 0.5) is 0 Å². The maximum Gasteiger partial charge on any atom is 0.342 e. The largest absolute Gasteiger partial charge is 0.508 e. The van der Waals surface area contributed by atoms with E-state index >= 15 is 0 Å². The number of aromatic hydroxyl groups is 1. The number of benzene rings is 2. The van der Waals surface area contributed by atoms with Crippen molar-refractivity contribution in [1.82, 2.24) is 4.90 Å². The molecule has 1 aliphatic rings. The maximum atomic E-state index is 12.9. The van der Waals surface area contributed by atoms with Crippen LogP contribution in [0.25, 0.3) is 11.0 Å². The number of aryl methyl sites for hydroxylation is 1. The van der Waals surface area contributed by atoms with Crippen molar-refractivity contribution in [2.24, 2.45) is 0 Å². The van der Waals surface area contributed by atoms with Crippen LogP contribution in [0.1, 0.15) is 47.9 Å². The molecule has 6 nitrogen and oxygen atoms in total. The number of esters is 1. The number of likely N-dealkylation sites (tertiary alicyclic amines) is 1. The predicted octanol–water partition coefficient (Wildman–Crippen LogP) is 5.06. The number of phenols is 1. The van der Waals surface area contributed by atoms with Crippen LogP contribution < -0.4 is 4.74 Å². The summed E-state index contributed by atoms with van der Waals surface area (Å²) in [7, 11) is 0. The number of furan rings is 1. The first-order valence-corrected chi connectivity index (χ1v) is 10.9. The van der Waals surface area contributed by atoms with Crippen molar-refractivity contribution in [2.75, 3.05) is 19.8 Å². The molecule has 0 bridgehead atoms. The first-order valence-electron chi connectivity index (χ1n) is 10.9. The number of para-hydroxylation sites is 1. The van der Waals surface area contributed by atoms with Gasteiger partial charge in [-0.2, -0.15) is 0 Å². The molecule has 0 saturated carbocycles. The van der Waals surface area contributed by atoms with Crippen molar-refractivity contribution in [3.8, 4) is 11.5 Å². The predicted molar refractivity (Wildman–Crippen MR) is 119 cm³/mol. The van der Waals surface area contributed by atoms with Gasteiger partial charge in [-0.1, -0.05) is 24.6 Å². The highest BCUT2D eigenvalue weighted by molar-refractivity contribution is 6.06. The molecular weight excluding hydrogens is 394 g/mol. The molecule has 0 radical (unpaired) electrons. The number of fused-ring (bicyclic) bond motifs is 1. The van der Waals surface area contributed by atoms with Gasteiger partial charge in [0.2, 0.25) is 0 Å². The van der Waals surface area contributed by atoms with Gasteiger partial charge in [-0.25, -0.2) is 4.79 Å². The fourth-order valence-electron chi connectivity index (χ4n) is 4.25. The molecule has 0 amide bonds. The van der Waals surface area contributed by atoms with Crippen LogP contribution in [0.2, 0.25) is 0 Å². The van der Waals surface area contributed by atoms with Crippen LogP contribution >= 0.6 is 0 Å². The van der Waals surface area contributed by atoms with Gasteiger partial charge in [0.25, 0.3) is 0 Å². The second-order valence-corrected chi connectivity index (χ2v) is 8.08. The van der Waals surface area contributed by atoms with Crippen LogP contribution in [0.15, 0.2) is 46.9 Å². The van der Waals surface area contributed by atoms with E-state index in [4.69, 9.17) is 13.9 Å². The molecule has 1 N–H and O–H groups in total. The van der Waals surface area contributed by atoms with Crippen molar-refractivity contribution >= 4 is 16.9 Å². The molecule has 1 saturated heterocycles. The van der Waals surface area contributed by atoms with E-state index in [0.717, 1.165) is 30.7 Å². The van der Waals surface area contributed by atoms with Gasteiger partial charge in [-0.15, -0.1) is 0 Å². The highest BCUT2D eigenvalue weighted by Crippen LogP contribution is 2.36. The first-order chi connectivity index (χ1) is 15.0. The summed E-state index contributed by atoms with van der Waals surface area (Å²) in [5, 5.41) is 11.3. The summed E-state index contributed by atoms with van der Waals surface area (Å²) in [6, 6.07) is 13.2. The molecule has 6 heteroatoms. The molecule has 0 aliphatic carbocycles. The summed E-state index contributed by atoms with van der Waals surface area (Å²) < 4.78 is 16.9. The summed E-state index contributed by atoms with van der Waals surface area (Å²) in [6.07, 6.45) is 3.50. The highest BCUT2D eigenvalue weighted by Gasteiger charge is 2.26. The quantitative estimate of drug-likeness (QED) is 0.423. The molecule has 2 heterocycles. The minimum atomic E-state index is -0.466. The lowest BCUT2D eigenvalue weighted by Gasteiger charge is -2.33. The van der Waals surface area contributed by atoms with Gasteiger partial charge in [0.15, 0.2) is 0 Å². The standard InChI is InChI=1S/C25H29NO5/c1-17-8-6-7-13-26(17)16-20-21(27)11-12-22-24(20)23(18(2)31-22)25(28)30-15-14-29-19-9-4-3-5-10-19/h3-5,9-12,17,27H,6-8,13-16H2,1-2H3/t17-/m1/s1. The first kappa shape index (κ1) is 21.2. The van der Waals surface area contributed by atoms with Crippen molar-refractivity contribution in [1.29, 1.82) is 0 Å². The summed E-state index contributed by atoms with van der Waals surface area (Å²) >= 11 is 0. The number of nitrogens with zero attached hydrogens (tertiary/aromatic N) is 1. The van der Waals surface area contributed by atoms with Crippen LogP contribution in [-0.4, -0.2) is 41.8 Å². The third kappa shape index (κ3) is 4.69. The Morgan fingerprint density at radius 1 is 1.16 bits per heavy atom.